The minimum atomic E-state index is -0.662. The third kappa shape index (κ3) is 2.68. The fraction of sp³-hybridized carbons (Fsp3) is 0.0588. The number of fused-ring (bicyclic) bond motifs is 1. The monoisotopic (exact) mass is 292 g/mol. The van der Waals surface area contributed by atoms with Gasteiger partial charge in [0.1, 0.15) is 0 Å². The Balaban J connectivity index is 2.22. The molecule has 0 saturated carbocycles. The minimum absolute atomic E-state index is 0.203. The molecule has 3 nitrogen and oxygen atoms in total. The second kappa shape index (κ2) is 5.83. The van der Waals surface area contributed by atoms with E-state index >= 15 is 0 Å². The van der Waals surface area contributed by atoms with Crippen LogP contribution in [0.1, 0.15) is 11.1 Å². The Morgan fingerprint density at radius 2 is 1.76 bits per heavy atom. The molecule has 0 radical (unpaired) electrons. The fourth-order valence-electron chi connectivity index (χ4n) is 2.38. The highest BCUT2D eigenvalue weighted by atomic mass is 32.1. The summed E-state index contributed by atoms with van der Waals surface area (Å²) < 4.78 is 0. The number of hydrogen-bond acceptors (Lipinski definition) is 3. The quantitative estimate of drug-likeness (QED) is 0.679. The number of amides is 1. The molecule has 1 unspecified atom stereocenters. The van der Waals surface area contributed by atoms with Crippen molar-refractivity contribution in [3.8, 4) is 0 Å². The minimum Gasteiger partial charge on any atom is -0.323 e. The predicted molar refractivity (Wildman–Crippen MR) is 87.4 cm³/mol. The van der Waals surface area contributed by atoms with E-state index in [1.54, 1.807) is 0 Å². The molecule has 1 amide bonds. The summed E-state index contributed by atoms with van der Waals surface area (Å²) in [7, 11) is 0. The summed E-state index contributed by atoms with van der Waals surface area (Å²) in [5.74, 6) is -0.203. The highest BCUT2D eigenvalue weighted by Crippen LogP contribution is 2.32. The largest absolute Gasteiger partial charge is 0.323 e. The SMILES string of the molecule is O=C1Nc2ccccc2C(c2ccccc2)=CC1N=C=S. The maximum Gasteiger partial charge on any atom is 0.254 e. The number of benzene rings is 2. The standard InChI is InChI=1S/C17H12N2OS/c20-17-16(18-11-21)10-14(12-6-2-1-3-7-12)13-8-4-5-9-15(13)19-17/h1-10,16H,(H,19,20). The van der Waals surface area contributed by atoms with Crippen LogP contribution in [0, 0.1) is 0 Å². The molecule has 1 N–H and O–H groups in total. The molecule has 1 atom stereocenters. The summed E-state index contributed by atoms with van der Waals surface area (Å²) in [5, 5.41) is 5.18. The third-order valence-corrected chi connectivity index (χ3v) is 3.45. The lowest BCUT2D eigenvalue weighted by atomic mass is 9.96. The zero-order chi connectivity index (χ0) is 14.7. The van der Waals surface area contributed by atoms with E-state index in [0.717, 1.165) is 22.4 Å². The van der Waals surface area contributed by atoms with Gasteiger partial charge in [-0.25, -0.2) is 4.99 Å². The topological polar surface area (TPSA) is 41.5 Å². The van der Waals surface area contributed by atoms with Gasteiger partial charge in [-0.3, -0.25) is 4.79 Å². The molecule has 0 fully saturated rings. The van der Waals surface area contributed by atoms with Crippen molar-refractivity contribution in [1.82, 2.24) is 0 Å². The first-order valence-corrected chi connectivity index (χ1v) is 6.95. The van der Waals surface area contributed by atoms with Crippen molar-refractivity contribution < 1.29 is 4.79 Å². The lowest BCUT2D eigenvalue weighted by Crippen LogP contribution is -2.23. The van der Waals surface area contributed by atoms with Crippen molar-refractivity contribution in [3.05, 3.63) is 71.8 Å². The van der Waals surface area contributed by atoms with Crippen molar-refractivity contribution in [3.63, 3.8) is 0 Å². The molecule has 0 saturated heterocycles. The smallest absolute Gasteiger partial charge is 0.254 e. The fourth-order valence-corrected chi connectivity index (χ4v) is 2.49. The summed E-state index contributed by atoms with van der Waals surface area (Å²) in [6.07, 6.45) is 1.83. The average Bonchev–Trinajstić information content (AvgIpc) is 2.66. The van der Waals surface area contributed by atoms with Gasteiger partial charge in [-0.1, -0.05) is 48.5 Å². The molecule has 102 valence electrons. The first-order valence-electron chi connectivity index (χ1n) is 6.54. The van der Waals surface area contributed by atoms with E-state index in [9.17, 15) is 4.79 Å². The second-order valence-corrected chi connectivity index (χ2v) is 4.83. The van der Waals surface area contributed by atoms with Crippen LogP contribution < -0.4 is 5.32 Å². The Bertz CT molecular complexity index is 761. The maximum absolute atomic E-state index is 12.2. The average molecular weight is 292 g/mol. The van der Waals surface area contributed by atoms with E-state index in [2.05, 4.69) is 27.7 Å². The number of anilines is 1. The number of aliphatic imine (C=N–C) groups is 1. The molecule has 0 aromatic heterocycles. The number of carbonyl (C=O) groups is 1. The summed E-state index contributed by atoms with van der Waals surface area (Å²) in [6, 6.07) is 17.0. The third-order valence-electron chi connectivity index (χ3n) is 3.34. The highest BCUT2D eigenvalue weighted by molar-refractivity contribution is 7.78. The summed E-state index contributed by atoms with van der Waals surface area (Å²) >= 11 is 4.65. The molecule has 0 bridgehead atoms. The van der Waals surface area contributed by atoms with Gasteiger partial charge in [-0.15, -0.1) is 0 Å². The molecule has 1 heterocycles. The van der Waals surface area contributed by atoms with Gasteiger partial charge in [0.15, 0.2) is 6.04 Å². The predicted octanol–water partition coefficient (Wildman–Crippen LogP) is 3.54. The molecule has 1 aliphatic rings. The molecule has 2 aromatic rings. The van der Waals surface area contributed by atoms with E-state index in [0.29, 0.717) is 0 Å². The van der Waals surface area contributed by atoms with E-state index in [1.807, 2.05) is 60.7 Å². The van der Waals surface area contributed by atoms with Crippen LogP contribution in [0.4, 0.5) is 5.69 Å². The van der Waals surface area contributed by atoms with Crippen molar-refractivity contribution in [1.29, 1.82) is 0 Å². The normalized spacial score (nSPS) is 16.9. The van der Waals surface area contributed by atoms with Crippen LogP contribution in [0.2, 0.25) is 0 Å². The number of thiocarbonyl (C=S) groups is 1. The van der Waals surface area contributed by atoms with Crippen LogP contribution in [-0.4, -0.2) is 17.1 Å². The number of hydrogen-bond donors (Lipinski definition) is 1. The molecular weight excluding hydrogens is 280 g/mol. The van der Waals surface area contributed by atoms with Crippen LogP contribution in [0.15, 0.2) is 65.7 Å². The summed E-state index contributed by atoms with van der Waals surface area (Å²) in [6.45, 7) is 0. The Hall–Kier alpha value is -2.55. The number of carbonyl (C=O) groups excluding carboxylic acids is 1. The number of rotatable bonds is 2. The summed E-state index contributed by atoms with van der Waals surface area (Å²) in [4.78, 5) is 16.2. The zero-order valence-corrected chi connectivity index (χ0v) is 11.9. The second-order valence-electron chi connectivity index (χ2n) is 4.65. The van der Waals surface area contributed by atoms with Crippen LogP contribution in [0.3, 0.4) is 0 Å². The number of nitrogens with zero attached hydrogens (tertiary/aromatic N) is 1. The van der Waals surface area contributed by atoms with Gasteiger partial charge in [0.05, 0.1) is 5.16 Å². The lowest BCUT2D eigenvalue weighted by Gasteiger charge is -2.10. The van der Waals surface area contributed by atoms with E-state index in [1.165, 1.54) is 0 Å². The molecule has 2 aromatic carbocycles. The number of para-hydroxylation sites is 1. The van der Waals surface area contributed by atoms with E-state index in [-0.39, 0.29) is 5.91 Å². The highest BCUT2D eigenvalue weighted by Gasteiger charge is 2.23. The van der Waals surface area contributed by atoms with Crippen LogP contribution in [0.25, 0.3) is 5.57 Å². The van der Waals surface area contributed by atoms with Crippen LogP contribution >= 0.6 is 12.2 Å². The molecule has 21 heavy (non-hydrogen) atoms. The lowest BCUT2D eigenvalue weighted by molar-refractivity contribution is -0.116. The zero-order valence-electron chi connectivity index (χ0n) is 11.1. The molecule has 1 aliphatic heterocycles. The van der Waals surface area contributed by atoms with Crippen LogP contribution in [0.5, 0.6) is 0 Å². The van der Waals surface area contributed by atoms with Crippen molar-refractivity contribution in [2.75, 3.05) is 5.32 Å². The molecular formula is C17H12N2OS. The van der Waals surface area contributed by atoms with Gasteiger partial charge in [-0.2, -0.15) is 0 Å². The van der Waals surface area contributed by atoms with E-state index < -0.39 is 6.04 Å². The Kier molecular flexibility index (Phi) is 3.73. The Morgan fingerprint density at radius 3 is 2.52 bits per heavy atom. The molecule has 0 aliphatic carbocycles. The molecule has 0 spiro atoms. The Morgan fingerprint density at radius 1 is 1.05 bits per heavy atom. The number of nitrogens with one attached hydrogen (secondary N) is 1. The van der Waals surface area contributed by atoms with Crippen LogP contribution in [-0.2, 0) is 4.79 Å². The first kappa shape index (κ1) is 13.4. The van der Waals surface area contributed by atoms with Crippen molar-refractivity contribution >= 4 is 34.5 Å². The molecule has 4 heteroatoms. The molecule has 3 rings (SSSR count). The van der Waals surface area contributed by atoms with Gasteiger partial charge >= 0.3 is 0 Å². The van der Waals surface area contributed by atoms with Crippen molar-refractivity contribution in [2.45, 2.75) is 6.04 Å². The van der Waals surface area contributed by atoms with Gasteiger partial charge in [0.25, 0.3) is 5.91 Å². The van der Waals surface area contributed by atoms with E-state index in [4.69, 9.17) is 0 Å². The number of isothiocyanates is 1. The van der Waals surface area contributed by atoms with Gasteiger partial charge in [0.2, 0.25) is 0 Å². The van der Waals surface area contributed by atoms with Gasteiger partial charge in [-0.05, 0) is 35.5 Å². The maximum atomic E-state index is 12.2. The Labute approximate surface area is 128 Å². The van der Waals surface area contributed by atoms with Crippen molar-refractivity contribution in [2.24, 2.45) is 4.99 Å². The first-order chi connectivity index (χ1) is 10.3. The summed E-state index contributed by atoms with van der Waals surface area (Å²) in [5.41, 5.74) is 3.74. The van der Waals surface area contributed by atoms with Gasteiger partial charge < -0.3 is 5.32 Å². The van der Waals surface area contributed by atoms with Gasteiger partial charge in [0, 0.05) is 11.3 Å².